The highest BCUT2D eigenvalue weighted by Crippen LogP contribution is 2.85. The third-order valence-corrected chi connectivity index (χ3v) is 33.0. The minimum Gasteiger partial charge on any atom is -0.308 e. The highest BCUT2D eigenvalue weighted by atomic mass is 32.2. The van der Waals surface area contributed by atoms with Crippen LogP contribution in [0.3, 0.4) is 0 Å². The summed E-state index contributed by atoms with van der Waals surface area (Å²) in [5.41, 5.74) is 24.3. The first-order valence-corrected chi connectivity index (χ1v) is 34.5. The molecule has 19 atom stereocenters. The molecule has 78 heavy (non-hydrogen) atoms. The third-order valence-electron chi connectivity index (χ3n) is 28.9. The van der Waals surface area contributed by atoms with Gasteiger partial charge in [0.05, 0.1) is 32.5 Å². The standard InChI is InChI=1S/C71H62N2O2S3/c74-78(75)67-3-1-43(72-59-20-46-33-6-31-5-32(8-33)45(7-31)50(46)24-63(59)76-64-25-51-47(21-60(64)72)34-9-37-12-40-15-56(51)69(37,40)28-34)18-54(67)55-19-44(2-4-68(55)78)73-61-22-48-35-10-38-13-41-16-57(70(38,41)29-35)52(48)26-65(61)77-66-27-53-49(23-62(66)73)36-11-39-14-42-17-58(53)71(39,42)30-36/h1-4,18-27,31-42,45,56-58H,5-17,28-30H2. The third kappa shape index (κ3) is 4.22. The summed E-state index contributed by atoms with van der Waals surface area (Å²) in [6, 6.07) is 34.4. The van der Waals surface area contributed by atoms with Gasteiger partial charge in [0, 0.05) is 42.1 Å². The fourth-order valence-electron chi connectivity index (χ4n) is 26.1. The smallest absolute Gasteiger partial charge is 0.207 e. The van der Waals surface area contributed by atoms with Gasteiger partial charge in [0.15, 0.2) is 0 Å². The molecule has 4 nitrogen and oxygen atoms in total. The van der Waals surface area contributed by atoms with Crippen LogP contribution in [0.15, 0.2) is 114 Å². The van der Waals surface area contributed by atoms with Crippen molar-refractivity contribution in [2.24, 2.45) is 63.6 Å². The van der Waals surface area contributed by atoms with Gasteiger partial charge < -0.3 is 9.80 Å². The zero-order chi connectivity index (χ0) is 49.7. The predicted molar refractivity (Wildman–Crippen MR) is 306 cm³/mol. The first-order valence-electron chi connectivity index (χ1n) is 31.4. The van der Waals surface area contributed by atoms with E-state index < -0.39 is 9.84 Å². The number of sulfone groups is 1. The molecule has 3 spiro atoms. The van der Waals surface area contributed by atoms with E-state index in [2.05, 4.69) is 94.4 Å². The minimum absolute atomic E-state index is 0.464. The average Bonchev–Trinajstić information content (AvgIpc) is 4.33. The van der Waals surface area contributed by atoms with E-state index in [1.54, 1.807) is 44.5 Å². The molecule has 0 N–H and O–H groups in total. The second-order valence-corrected chi connectivity index (χ2v) is 34.5. The number of rotatable bonds is 2. The molecule has 9 bridgehead atoms. The van der Waals surface area contributed by atoms with Gasteiger partial charge in [-0.05, 0) is 343 Å². The Bertz CT molecular complexity index is 4080. The van der Waals surface area contributed by atoms with Gasteiger partial charge in [0.1, 0.15) is 0 Å². The molecule has 0 saturated heterocycles. The lowest BCUT2D eigenvalue weighted by Gasteiger charge is -2.68. The normalized spacial score (nSPS) is 43.8. The molecule has 6 aromatic carbocycles. The molecule has 6 aromatic rings. The van der Waals surface area contributed by atoms with E-state index in [1.165, 1.54) is 145 Å². The Hall–Kier alpha value is -4.43. The van der Waals surface area contributed by atoms with Crippen molar-refractivity contribution in [3.63, 3.8) is 0 Å². The van der Waals surface area contributed by atoms with Crippen LogP contribution < -0.4 is 9.80 Å². The molecule has 386 valence electrons. The zero-order valence-corrected chi connectivity index (χ0v) is 46.5. The Kier molecular flexibility index (Phi) is 6.73. The van der Waals surface area contributed by atoms with Crippen molar-refractivity contribution >= 4 is 67.5 Å². The lowest BCUT2D eigenvalue weighted by atomic mass is 9.36. The van der Waals surface area contributed by atoms with Gasteiger partial charge in [0.2, 0.25) is 9.84 Å². The van der Waals surface area contributed by atoms with Gasteiger partial charge in [0.25, 0.3) is 0 Å². The summed E-state index contributed by atoms with van der Waals surface area (Å²) in [6.45, 7) is 0. The number of anilines is 6. The summed E-state index contributed by atoms with van der Waals surface area (Å²) < 4.78 is 30.2. The van der Waals surface area contributed by atoms with Crippen LogP contribution in [0.25, 0.3) is 11.1 Å². The predicted octanol–water partition coefficient (Wildman–Crippen LogP) is 18.4. The van der Waals surface area contributed by atoms with Crippen molar-refractivity contribution < 1.29 is 8.42 Å². The van der Waals surface area contributed by atoms with Crippen molar-refractivity contribution in [2.75, 3.05) is 9.80 Å². The van der Waals surface area contributed by atoms with Crippen molar-refractivity contribution in [1.82, 2.24) is 0 Å². The van der Waals surface area contributed by atoms with Crippen LogP contribution in [-0.4, -0.2) is 8.42 Å². The van der Waals surface area contributed by atoms with E-state index in [4.69, 9.17) is 0 Å². The lowest BCUT2D eigenvalue weighted by molar-refractivity contribution is -0.146. The quantitative estimate of drug-likeness (QED) is 0.172. The van der Waals surface area contributed by atoms with Crippen LogP contribution in [0.1, 0.15) is 195 Å². The van der Waals surface area contributed by atoms with E-state index >= 15 is 8.42 Å². The van der Waals surface area contributed by atoms with E-state index in [1.807, 2.05) is 23.9 Å². The fourth-order valence-corrected chi connectivity index (χ4v) is 30.0. The van der Waals surface area contributed by atoms with Gasteiger partial charge >= 0.3 is 0 Å². The highest BCUT2D eigenvalue weighted by Gasteiger charge is 2.74. The minimum atomic E-state index is -3.75. The number of hydrogen-bond donors (Lipinski definition) is 0. The molecular weight excluding hydrogens is 1010 g/mol. The van der Waals surface area contributed by atoms with Crippen molar-refractivity contribution in [3.8, 4) is 11.1 Å². The molecule has 19 unspecified atom stereocenters. The van der Waals surface area contributed by atoms with Gasteiger partial charge in [-0.3, -0.25) is 0 Å². The molecule has 18 aliphatic rings. The first-order chi connectivity index (χ1) is 38.2. The summed E-state index contributed by atoms with van der Waals surface area (Å²) >= 11 is 4.10. The van der Waals surface area contributed by atoms with Crippen LogP contribution >= 0.6 is 23.5 Å². The lowest BCUT2D eigenvalue weighted by Crippen LogP contribution is -2.59. The Morgan fingerprint density at radius 3 is 1.23 bits per heavy atom. The van der Waals surface area contributed by atoms with Crippen LogP contribution in [0.4, 0.5) is 34.1 Å². The van der Waals surface area contributed by atoms with Crippen LogP contribution in [0, 0.1) is 63.6 Å². The molecule has 0 amide bonds. The van der Waals surface area contributed by atoms with E-state index in [-0.39, 0.29) is 0 Å². The second-order valence-electron chi connectivity index (χ2n) is 30.4. The van der Waals surface area contributed by atoms with E-state index in [0.717, 1.165) is 87.6 Å². The van der Waals surface area contributed by atoms with Crippen molar-refractivity contribution in [2.45, 2.75) is 179 Å². The molecule has 11 saturated carbocycles. The van der Waals surface area contributed by atoms with Gasteiger partial charge in [-0.1, -0.05) is 23.5 Å². The number of hydrogen-bond acceptors (Lipinski definition) is 6. The maximum absolute atomic E-state index is 15.1. The fraction of sp³-hybridized carbons (Fsp3) is 0.493. The summed E-state index contributed by atoms with van der Waals surface area (Å²) in [7, 11) is -3.75. The van der Waals surface area contributed by atoms with Gasteiger partial charge in [-0.25, -0.2) is 8.42 Å². The molecule has 0 radical (unpaired) electrons. The Balaban J connectivity index is 0.694. The second kappa shape index (κ2) is 12.6. The summed E-state index contributed by atoms with van der Waals surface area (Å²) in [5, 5.41) is 0. The first kappa shape index (κ1) is 41.5. The Morgan fingerprint density at radius 2 is 0.795 bits per heavy atom. The maximum atomic E-state index is 15.1. The number of benzene rings is 6. The van der Waals surface area contributed by atoms with E-state index in [0.29, 0.717) is 55.6 Å². The largest absolute Gasteiger partial charge is 0.308 e. The van der Waals surface area contributed by atoms with Crippen LogP contribution in [0.2, 0.25) is 0 Å². The topological polar surface area (TPSA) is 40.6 Å². The van der Waals surface area contributed by atoms with Crippen LogP contribution in [0.5, 0.6) is 0 Å². The molecular formula is C71H62N2O2S3. The summed E-state index contributed by atoms with van der Waals surface area (Å²) in [4.78, 5) is 11.8. The highest BCUT2D eigenvalue weighted by molar-refractivity contribution is 8.00. The average molecular weight is 1070 g/mol. The monoisotopic (exact) mass is 1070 g/mol. The summed E-state index contributed by atoms with van der Waals surface area (Å²) in [6.07, 6.45) is 22.4. The van der Waals surface area contributed by atoms with Gasteiger partial charge in [-0.15, -0.1) is 0 Å². The molecule has 3 aliphatic heterocycles. The Morgan fingerprint density at radius 1 is 0.385 bits per heavy atom. The summed E-state index contributed by atoms with van der Waals surface area (Å²) in [5.74, 6) is 13.0. The van der Waals surface area contributed by atoms with Crippen molar-refractivity contribution in [3.05, 3.63) is 129 Å². The van der Waals surface area contributed by atoms with Crippen molar-refractivity contribution in [1.29, 1.82) is 0 Å². The van der Waals surface area contributed by atoms with Gasteiger partial charge in [-0.2, -0.15) is 0 Å². The zero-order valence-electron chi connectivity index (χ0n) is 44.1. The van der Waals surface area contributed by atoms with Crippen LogP contribution in [-0.2, 0) is 9.84 Å². The molecule has 0 aromatic heterocycles. The SMILES string of the molecule is O=S1(=O)c2ccc(N3c4cc5c(cc4Sc4cc6c(cc43)C3CC4CC7CC6C47C3)C3CC4CC5CC3C4)cc2-c2cc(N3c4cc5c(cc4Sc4cc6c(cc43)C3CC4CC7CC6C47C3)C3CC4CC6CC5CC643)ccc21. The molecule has 15 aliphatic carbocycles. The number of nitrogens with zero attached hydrogens (tertiary/aromatic N) is 2. The maximum Gasteiger partial charge on any atom is 0.207 e. The molecule has 11 fully saturated rings. The molecule has 7 heteroatoms. The molecule has 3 heterocycles. The number of fused-ring (bicyclic) bond motifs is 24. The van der Waals surface area contributed by atoms with E-state index in [9.17, 15) is 0 Å². The molecule has 24 rings (SSSR count). The Labute approximate surface area is 466 Å².